The largest absolute Gasteiger partial charge is 0.309 e. The van der Waals surface area contributed by atoms with Crippen molar-refractivity contribution in [3.8, 4) is 12.1 Å². The number of aryl methyl sites for hydroxylation is 2. The van der Waals surface area contributed by atoms with Gasteiger partial charge in [-0.3, -0.25) is 4.79 Å². The van der Waals surface area contributed by atoms with Crippen LogP contribution in [-0.4, -0.2) is 20.4 Å². The number of rotatable bonds is 5. The lowest BCUT2D eigenvalue weighted by molar-refractivity contribution is 0.102. The van der Waals surface area contributed by atoms with E-state index in [4.69, 9.17) is 16.6 Å². The summed E-state index contributed by atoms with van der Waals surface area (Å²) in [5.74, 6) is -0.242. The van der Waals surface area contributed by atoms with Crippen LogP contribution in [0, 0.1) is 22.7 Å². The number of carbonyl (C=O) groups is 1. The van der Waals surface area contributed by atoms with E-state index in [1.165, 1.54) is 18.2 Å². The molecule has 0 aliphatic carbocycles. The SMILES string of the molecule is N#Cc1ccc(Cl)c(C(=O)Nc2c(C#N)c3nc4ccccc4nc3n2CCc2ccccc2)c1. The quantitative estimate of drug-likeness (QED) is 0.361. The first-order valence-corrected chi connectivity index (χ1v) is 11.2. The first-order chi connectivity index (χ1) is 17.1. The van der Waals surface area contributed by atoms with Gasteiger partial charge in [0.2, 0.25) is 0 Å². The molecule has 168 valence electrons. The summed E-state index contributed by atoms with van der Waals surface area (Å²) >= 11 is 6.25. The summed E-state index contributed by atoms with van der Waals surface area (Å²) in [5, 5.41) is 22.3. The van der Waals surface area contributed by atoms with E-state index in [1.807, 2.05) is 60.7 Å². The molecule has 5 rings (SSSR count). The van der Waals surface area contributed by atoms with Crippen LogP contribution < -0.4 is 5.32 Å². The second-order valence-corrected chi connectivity index (χ2v) is 8.27. The van der Waals surface area contributed by atoms with Crippen molar-refractivity contribution >= 4 is 45.5 Å². The molecule has 1 N–H and O–H groups in total. The maximum Gasteiger partial charge on any atom is 0.258 e. The molecule has 0 aliphatic heterocycles. The zero-order valence-electron chi connectivity index (χ0n) is 18.4. The summed E-state index contributed by atoms with van der Waals surface area (Å²) in [4.78, 5) is 22.7. The highest BCUT2D eigenvalue weighted by molar-refractivity contribution is 6.34. The average molecular weight is 477 g/mol. The van der Waals surface area contributed by atoms with Crippen molar-refractivity contribution < 1.29 is 4.79 Å². The Bertz CT molecular complexity index is 1680. The van der Waals surface area contributed by atoms with Crippen LogP contribution in [0.25, 0.3) is 22.2 Å². The third kappa shape index (κ3) is 4.17. The van der Waals surface area contributed by atoms with Crippen LogP contribution in [-0.2, 0) is 13.0 Å². The number of hydrogen-bond acceptors (Lipinski definition) is 5. The van der Waals surface area contributed by atoms with E-state index in [9.17, 15) is 15.3 Å². The number of amides is 1. The molecule has 0 atom stereocenters. The molecule has 0 radical (unpaired) electrons. The molecular formula is C27H17ClN6O. The summed E-state index contributed by atoms with van der Waals surface area (Å²) in [5.41, 5.74) is 4.01. The standard InChI is InChI=1S/C27H17ClN6O/c28-21-11-10-18(15-29)14-19(21)27(35)33-25-20(16-30)24-26(32-23-9-5-4-8-22(23)31-24)34(25)13-12-17-6-2-1-3-7-17/h1-11,14H,12-13H2,(H,33,35). The highest BCUT2D eigenvalue weighted by Gasteiger charge is 2.23. The summed E-state index contributed by atoms with van der Waals surface area (Å²) in [7, 11) is 0. The number of aromatic nitrogens is 3. The van der Waals surface area contributed by atoms with Gasteiger partial charge in [-0.1, -0.05) is 54.1 Å². The van der Waals surface area contributed by atoms with E-state index >= 15 is 0 Å². The first kappa shape index (κ1) is 22.1. The number of hydrogen-bond donors (Lipinski definition) is 1. The fourth-order valence-electron chi connectivity index (χ4n) is 3.98. The summed E-state index contributed by atoms with van der Waals surface area (Å²) in [6.45, 7) is 0.455. The Labute approximate surface area is 205 Å². The molecule has 5 aromatic rings. The highest BCUT2D eigenvalue weighted by Crippen LogP contribution is 2.30. The minimum atomic E-state index is -0.531. The predicted molar refractivity (Wildman–Crippen MR) is 134 cm³/mol. The van der Waals surface area contributed by atoms with Crippen LogP contribution in [0.2, 0.25) is 5.02 Å². The molecule has 1 amide bonds. The number of halogens is 1. The number of nitrogens with zero attached hydrogens (tertiary/aromatic N) is 5. The fourth-order valence-corrected chi connectivity index (χ4v) is 4.19. The van der Waals surface area contributed by atoms with E-state index in [1.54, 1.807) is 4.57 Å². The van der Waals surface area contributed by atoms with Crippen LogP contribution in [0.1, 0.15) is 27.0 Å². The lowest BCUT2D eigenvalue weighted by Crippen LogP contribution is -2.17. The molecule has 0 fully saturated rings. The van der Waals surface area contributed by atoms with Gasteiger partial charge in [0, 0.05) is 6.54 Å². The van der Waals surface area contributed by atoms with Crippen molar-refractivity contribution in [2.75, 3.05) is 5.32 Å². The Morgan fingerprint density at radius 2 is 1.66 bits per heavy atom. The van der Waals surface area contributed by atoms with Crippen molar-refractivity contribution in [1.82, 2.24) is 14.5 Å². The third-order valence-corrected chi connectivity index (χ3v) is 6.03. The van der Waals surface area contributed by atoms with Gasteiger partial charge in [-0.25, -0.2) is 9.97 Å². The van der Waals surface area contributed by atoms with Gasteiger partial charge in [-0.15, -0.1) is 0 Å². The molecule has 35 heavy (non-hydrogen) atoms. The molecule has 2 aromatic heterocycles. The summed E-state index contributed by atoms with van der Waals surface area (Å²) < 4.78 is 1.81. The molecule has 0 unspecified atom stereocenters. The van der Waals surface area contributed by atoms with Gasteiger partial charge in [-0.05, 0) is 42.3 Å². The van der Waals surface area contributed by atoms with E-state index in [-0.39, 0.29) is 22.0 Å². The summed E-state index contributed by atoms with van der Waals surface area (Å²) in [6, 6.07) is 26.0. The minimum Gasteiger partial charge on any atom is -0.309 e. The van der Waals surface area contributed by atoms with Crippen molar-refractivity contribution in [1.29, 1.82) is 10.5 Å². The van der Waals surface area contributed by atoms with Crippen molar-refractivity contribution in [3.05, 3.63) is 100 Å². The second kappa shape index (κ2) is 9.26. The topological polar surface area (TPSA) is 107 Å². The Morgan fingerprint density at radius 1 is 0.943 bits per heavy atom. The molecule has 3 aromatic carbocycles. The molecule has 0 aliphatic rings. The number of fused-ring (bicyclic) bond motifs is 2. The lowest BCUT2D eigenvalue weighted by Gasteiger charge is -2.13. The number of benzene rings is 3. The second-order valence-electron chi connectivity index (χ2n) is 7.87. The van der Waals surface area contributed by atoms with Crippen molar-refractivity contribution in [2.45, 2.75) is 13.0 Å². The van der Waals surface area contributed by atoms with Gasteiger partial charge in [0.05, 0.1) is 33.3 Å². The van der Waals surface area contributed by atoms with E-state index < -0.39 is 5.91 Å². The van der Waals surface area contributed by atoms with Crippen LogP contribution >= 0.6 is 11.6 Å². The van der Waals surface area contributed by atoms with Gasteiger partial charge in [-0.2, -0.15) is 10.5 Å². The average Bonchev–Trinajstić information content (AvgIpc) is 3.17. The maximum atomic E-state index is 13.2. The van der Waals surface area contributed by atoms with Gasteiger partial charge in [0.1, 0.15) is 23.0 Å². The fraction of sp³-hybridized carbons (Fsp3) is 0.0741. The van der Waals surface area contributed by atoms with Gasteiger partial charge >= 0.3 is 0 Å². The number of carbonyl (C=O) groups excluding carboxylic acids is 1. The molecule has 0 bridgehead atoms. The molecule has 0 spiro atoms. The van der Waals surface area contributed by atoms with Crippen molar-refractivity contribution in [2.24, 2.45) is 0 Å². The number of nitrogens with one attached hydrogen (secondary N) is 1. The number of para-hydroxylation sites is 2. The van der Waals surface area contributed by atoms with Crippen LogP contribution in [0.4, 0.5) is 5.82 Å². The Kier molecular flexibility index (Phi) is 5.85. The predicted octanol–water partition coefficient (Wildman–Crippen LogP) is 5.48. The van der Waals surface area contributed by atoms with Gasteiger partial charge < -0.3 is 9.88 Å². The molecule has 8 heteroatoms. The zero-order chi connectivity index (χ0) is 24.4. The van der Waals surface area contributed by atoms with Crippen LogP contribution in [0.5, 0.6) is 0 Å². The Balaban J connectivity index is 1.66. The Hall–Kier alpha value is -4.72. The van der Waals surface area contributed by atoms with E-state index in [0.29, 0.717) is 40.7 Å². The number of anilines is 1. The zero-order valence-corrected chi connectivity index (χ0v) is 19.1. The monoisotopic (exact) mass is 476 g/mol. The molecule has 0 saturated carbocycles. The first-order valence-electron chi connectivity index (χ1n) is 10.8. The number of nitriles is 2. The molecule has 0 saturated heterocycles. The minimum absolute atomic E-state index is 0.139. The highest BCUT2D eigenvalue weighted by atomic mass is 35.5. The van der Waals surface area contributed by atoms with E-state index in [0.717, 1.165) is 5.56 Å². The van der Waals surface area contributed by atoms with E-state index in [2.05, 4.69) is 16.4 Å². The van der Waals surface area contributed by atoms with Crippen LogP contribution in [0.15, 0.2) is 72.8 Å². The smallest absolute Gasteiger partial charge is 0.258 e. The van der Waals surface area contributed by atoms with Crippen molar-refractivity contribution in [3.63, 3.8) is 0 Å². The Morgan fingerprint density at radius 3 is 2.37 bits per heavy atom. The van der Waals surface area contributed by atoms with Gasteiger partial charge in [0.15, 0.2) is 5.65 Å². The molecule has 7 nitrogen and oxygen atoms in total. The summed E-state index contributed by atoms with van der Waals surface area (Å²) in [6.07, 6.45) is 0.650. The van der Waals surface area contributed by atoms with Crippen LogP contribution in [0.3, 0.4) is 0 Å². The lowest BCUT2D eigenvalue weighted by atomic mass is 10.1. The van der Waals surface area contributed by atoms with Gasteiger partial charge in [0.25, 0.3) is 5.91 Å². The third-order valence-electron chi connectivity index (χ3n) is 5.70. The maximum absolute atomic E-state index is 13.2. The normalized spacial score (nSPS) is 10.7. The molecule has 2 heterocycles. The molecular weight excluding hydrogens is 460 g/mol.